The number of aliphatic carboxylic acids is 1. The van der Waals surface area contributed by atoms with Crippen molar-refractivity contribution in [3.05, 3.63) is 81.0 Å². The van der Waals surface area contributed by atoms with E-state index in [0.29, 0.717) is 22.0 Å². The summed E-state index contributed by atoms with van der Waals surface area (Å²) < 4.78 is 0. The maximum Gasteiger partial charge on any atom is 0.313 e. The number of aromatic amines is 1. The monoisotopic (exact) mass is 413 g/mol. The number of amides is 1. The number of hydrogen-bond acceptors (Lipinski definition) is 4. The molecule has 1 aliphatic rings. The van der Waals surface area contributed by atoms with Crippen LogP contribution in [0.15, 0.2) is 53.5 Å². The minimum atomic E-state index is -1.17. The molecule has 3 rings (SSSR count). The molecule has 29 heavy (non-hydrogen) atoms. The second kappa shape index (κ2) is 8.05. The molecule has 150 valence electrons. The Hall–Kier alpha value is -3.19. The van der Waals surface area contributed by atoms with Crippen LogP contribution in [-0.2, 0) is 16.0 Å². The van der Waals surface area contributed by atoms with Crippen molar-refractivity contribution >= 4 is 29.1 Å². The smallest absolute Gasteiger partial charge is 0.313 e. The van der Waals surface area contributed by atoms with Crippen LogP contribution < -0.4 is 10.9 Å². The molecule has 2 aromatic rings. The summed E-state index contributed by atoms with van der Waals surface area (Å²) in [6, 6.07) is 7.13. The van der Waals surface area contributed by atoms with Crippen molar-refractivity contribution in [1.82, 2.24) is 15.3 Å². The predicted octanol–water partition coefficient (Wildman–Crippen LogP) is 2.50. The Morgan fingerprint density at radius 2 is 2.07 bits per heavy atom. The molecule has 1 aromatic carbocycles. The fourth-order valence-electron chi connectivity index (χ4n) is 3.25. The molecular weight excluding hydrogens is 394 g/mol. The van der Waals surface area contributed by atoms with E-state index in [2.05, 4.69) is 15.3 Å². The summed E-state index contributed by atoms with van der Waals surface area (Å²) in [5.41, 5.74) is 0.0120. The lowest BCUT2D eigenvalue weighted by Gasteiger charge is -2.35. The zero-order valence-corrected chi connectivity index (χ0v) is 16.7. The minimum Gasteiger partial charge on any atom is -0.481 e. The molecule has 0 fully saturated rings. The molecule has 2 atom stereocenters. The number of allylic oxidation sites excluding steroid dienone is 2. The second-order valence-corrected chi connectivity index (χ2v) is 7.49. The van der Waals surface area contributed by atoms with E-state index < -0.39 is 28.9 Å². The number of aromatic nitrogens is 2. The van der Waals surface area contributed by atoms with Crippen molar-refractivity contribution in [2.75, 3.05) is 0 Å². The molecule has 0 saturated heterocycles. The van der Waals surface area contributed by atoms with Crippen LogP contribution in [0.3, 0.4) is 0 Å². The zero-order valence-electron chi connectivity index (χ0n) is 15.9. The Labute approximate surface area is 172 Å². The molecule has 1 heterocycles. The minimum absolute atomic E-state index is 0.204. The van der Waals surface area contributed by atoms with Gasteiger partial charge in [-0.15, -0.1) is 0 Å². The molecule has 1 aliphatic carbocycles. The maximum atomic E-state index is 12.5. The summed E-state index contributed by atoms with van der Waals surface area (Å²) in [5.74, 6) is -2.13. The zero-order chi connectivity index (χ0) is 21.2. The van der Waals surface area contributed by atoms with E-state index in [9.17, 15) is 19.5 Å². The van der Waals surface area contributed by atoms with Gasteiger partial charge in [0, 0.05) is 16.8 Å². The van der Waals surface area contributed by atoms with E-state index in [4.69, 9.17) is 11.6 Å². The number of nitrogens with one attached hydrogen (secondary N) is 2. The summed E-state index contributed by atoms with van der Waals surface area (Å²) in [5, 5.41) is 13.0. The van der Waals surface area contributed by atoms with Crippen LogP contribution in [0, 0.1) is 12.8 Å². The third-order valence-corrected chi connectivity index (χ3v) is 5.14. The van der Waals surface area contributed by atoms with Gasteiger partial charge >= 0.3 is 5.97 Å². The third-order valence-electron chi connectivity index (χ3n) is 4.81. The van der Waals surface area contributed by atoms with Gasteiger partial charge in [0.1, 0.15) is 11.7 Å². The van der Waals surface area contributed by atoms with E-state index in [0.717, 1.165) is 0 Å². The van der Waals surface area contributed by atoms with Crippen LogP contribution >= 0.6 is 11.6 Å². The average molecular weight is 414 g/mol. The first-order valence-electron chi connectivity index (χ1n) is 8.94. The molecule has 2 unspecified atom stereocenters. The first-order valence-corrected chi connectivity index (χ1v) is 9.32. The summed E-state index contributed by atoms with van der Waals surface area (Å²) in [6.07, 6.45) is 6.08. The van der Waals surface area contributed by atoms with Crippen LogP contribution in [0.25, 0.3) is 5.57 Å². The molecule has 1 amide bonds. The van der Waals surface area contributed by atoms with Gasteiger partial charge in [-0.05, 0) is 31.1 Å². The predicted molar refractivity (Wildman–Crippen MR) is 110 cm³/mol. The first-order chi connectivity index (χ1) is 13.7. The standard InChI is InChI=1S/C21H20ClN3O4/c1-12-23-11-14(19(27)24-12)10-18(26)25-21(2)8-7-13(9-16(21)20(28)29)15-5-3-4-6-17(15)22/h3-9,11,16H,10H2,1-2H3,(H,25,26)(H,28,29)(H,23,24,27). The van der Waals surface area contributed by atoms with Gasteiger partial charge in [-0.3, -0.25) is 14.4 Å². The van der Waals surface area contributed by atoms with Crippen molar-refractivity contribution in [2.45, 2.75) is 25.8 Å². The van der Waals surface area contributed by atoms with E-state index >= 15 is 0 Å². The number of carboxylic acid groups (broad SMARTS) is 1. The normalized spacial score (nSPS) is 20.8. The van der Waals surface area contributed by atoms with E-state index in [1.807, 2.05) is 6.07 Å². The molecule has 8 heteroatoms. The van der Waals surface area contributed by atoms with Gasteiger partial charge in [0.2, 0.25) is 5.91 Å². The number of rotatable bonds is 5. The molecule has 0 spiro atoms. The first kappa shape index (κ1) is 20.5. The van der Waals surface area contributed by atoms with Crippen LogP contribution in [-0.4, -0.2) is 32.5 Å². The lowest BCUT2D eigenvalue weighted by molar-refractivity contribution is -0.142. The molecule has 0 saturated carbocycles. The van der Waals surface area contributed by atoms with Crippen molar-refractivity contribution in [3.8, 4) is 0 Å². The number of carbonyl (C=O) groups excluding carboxylic acids is 1. The summed E-state index contributed by atoms with van der Waals surface area (Å²) in [6.45, 7) is 3.26. The van der Waals surface area contributed by atoms with Gasteiger partial charge in [0.05, 0.1) is 12.0 Å². The van der Waals surface area contributed by atoms with Gasteiger partial charge in [-0.25, -0.2) is 4.98 Å². The van der Waals surface area contributed by atoms with Crippen LogP contribution in [0.2, 0.25) is 5.02 Å². The van der Waals surface area contributed by atoms with E-state index in [1.165, 1.54) is 6.20 Å². The highest BCUT2D eigenvalue weighted by Gasteiger charge is 2.39. The van der Waals surface area contributed by atoms with Crippen LogP contribution in [0.1, 0.15) is 23.9 Å². The van der Waals surface area contributed by atoms with Crippen molar-refractivity contribution in [3.63, 3.8) is 0 Å². The number of nitrogens with zero attached hydrogens (tertiary/aromatic N) is 1. The molecule has 0 radical (unpaired) electrons. The summed E-state index contributed by atoms with van der Waals surface area (Å²) in [4.78, 5) is 42.9. The summed E-state index contributed by atoms with van der Waals surface area (Å²) in [7, 11) is 0. The van der Waals surface area contributed by atoms with E-state index in [-0.39, 0.29) is 12.0 Å². The molecule has 0 bridgehead atoms. The number of halogens is 1. The van der Waals surface area contributed by atoms with Crippen molar-refractivity contribution in [2.24, 2.45) is 5.92 Å². The number of H-pyrrole nitrogens is 1. The Balaban J connectivity index is 1.84. The van der Waals surface area contributed by atoms with Gasteiger partial charge in [0.25, 0.3) is 5.56 Å². The Morgan fingerprint density at radius 1 is 1.34 bits per heavy atom. The highest BCUT2D eigenvalue weighted by atomic mass is 35.5. The fourth-order valence-corrected chi connectivity index (χ4v) is 3.50. The van der Waals surface area contributed by atoms with Crippen molar-refractivity contribution < 1.29 is 14.7 Å². The number of hydrogen-bond donors (Lipinski definition) is 3. The molecular formula is C21H20ClN3O4. The average Bonchev–Trinajstić information content (AvgIpc) is 2.64. The largest absolute Gasteiger partial charge is 0.481 e. The Morgan fingerprint density at radius 3 is 2.72 bits per heavy atom. The number of aryl methyl sites for hydroxylation is 1. The second-order valence-electron chi connectivity index (χ2n) is 7.08. The topological polar surface area (TPSA) is 112 Å². The summed E-state index contributed by atoms with van der Waals surface area (Å²) >= 11 is 6.23. The van der Waals surface area contributed by atoms with Gasteiger partial charge < -0.3 is 15.4 Å². The molecule has 3 N–H and O–H groups in total. The Bertz CT molecular complexity index is 1090. The van der Waals surface area contributed by atoms with Crippen LogP contribution in [0.5, 0.6) is 0 Å². The fraction of sp³-hybridized carbons (Fsp3) is 0.238. The number of carboxylic acids is 1. The Kier molecular flexibility index (Phi) is 5.70. The lowest BCUT2D eigenvalue weighted by Crippen LogP contribution is -2.53. The SMILES string of the molecule is Cc1ncc(CC(=O)NC2(C)C=CC(c3ccccc3Cl)=CC2C(=O)O)c(=O)[nH]1. The van der Waals surface area contributed by atoms with Crippen molar-refractivity contribution in [1.29, 1.82) is 0 Å². The van der Waals surface area contributed by atoms with Gasteiger partial charge in [-0.2, -0.15) is 0 Å². The molecule has 7 nitrogen and oxygen atoms in total. The van der Waals surface area contributed by atoms with Gasteiger partial charge in [-0.1, -0.05) is 48.0 Å². The molecule has 0 aliphatic heterocycles. The lowest BCUT2D eigenvalue weighted by atomic mass is 9.78. The molecule has 1 aromatic heterocycles. The number of carbonyl (C=O) groups is 2. The number of benzene rings is 1. The van der Waals surface area contributed by atoms with Gasteiger partial charge in [0.15, 0.2) is 0 Å². The van der Waals surface area contributed by atoms with Crippen LogP contribution in [0.4, 0.5) is 0 Å². The highest BCUT2D eigenvalue weighted by molar-refractivity contribution is 6.32. The van der Waals surface area contributed by atoms with E-state index in [1.54, 1.807) is 50.3 Å². The maximum absolute atomic E-state index is 12.5. The quantitative estimate of drug-likeness (QED) is 0.697. The third kappa shape index (κ3) is 4.46. The highest BCUT2D eigenvalue weighted by Crippen LogP contribution is 2.34.